The number of halogens is 1. The van der Waals surface area contributed by atoms with E-state index in [9.17, 15) is 4.79 Å². The number of rotatable bonds is 4. The predicted octanol–water partition coefficient (Wildman–Crippen LogP) is 2.14. The highest BCUT2D eigenvalue weighted by atomic mass is 35.5. The first-order valence-electron chi connectivity index (χ1n) is 6.73. The van der Waals surface area contributed by atoms with Crippen LogP contribution >= 0.6 is 11.6 Å². The molecule has 1 N–H and O–H groups in total. The number of Topliss-reactive ketones (excluding diaryl/α,β-unsaturated/α-hetero) is 1. The molecule has 104 valence electrons. The Kier molecular flexibility index (Phi) is 4.61. The van der Waals surface area contributed by atoms with E-state index in [2.05, 4.69) is 10.2 Å². The molecule has 0 amide bonds. The number of nitrogens with zero attached hydrogens (tertiary/aromatic N) is 1. The number of ketones is 1. The molecule has 0 saturated carbocycles. The van der Waals surface area contributed by atoms with Crippen molar-refractivity contribution in [2.45, 2.75) is 25.8 Å². The predicted molar refractivity (Wildman–Crippen MR) is 78.7 cm³/mol. The molecular formula is C15H21ClN2O. The molecule has 1 saturated heterocycles. The standard InChI is InChI=1S/C15H21ClN2O/c1-15(2,18-8-6-17-7-9-18)14(19)11-12-4-3-5-13(16)10-12/h3-5,10,17H,6-9,11H2,1-2H3. The minimum Gasteiger partial charge on any atom is -0.314 e. The van der Waals surface area contributed by atoms with E-state index in [-0.39, 0.29) is 5.78 Å². The van der Waals surface area contributed by atoms with Gasteiger partial charge >= 0.3 is 0 Å². The molecule has 2 rings (SSSR count). The molecule has 0 spiro atoms. The van der Waals surface area contributed by atoms with Crippen LogP contribution in [0.5, 0.6) is 0 Å². The van der Waals surface area contributed by atoms with Gasteiger partial charge in [-0.2, -0.15) is 0 Å². The monoisotopic (exact) mass is 280 g/mol. The Morgan fingerprint density at radius 1 is 1.37 bits per heavy atom. The highest BCUT2D eigenvalue weighted by molar-refractivity contribution is 6.30. The second-order valence-electron chi connectivity index (χ2n) is 5.53. The number of benzene rings is 1. The van der Waals surface area contributed by atoms with E-state index < -0.39 is 5.54 Å². The number of carbonyl (C=O) groups excluding carboxylic acids is 1. The van der Waals surface area contributed by atoms with Gasteiger partial charge in [-0.15, -0.1) is 0 Å². The van der Waals surface area contributed by atoms with Crippen LogP contribution in [0, 0.1) is 0 Å². The lowest BCUT2D eigenvalue weighted by atomic mass is 9.91. The summed E-state index contributed by atoms with van der Waals surface area (Å²) in [5.74, 6) is 0.247. The van der Waals surface area contributed by atoms with Crippen molar-refractivity contribution < 1.29 is 4.79 Å². The Labute approximate surface area is 119 Å². The number of hydrogen-bond donors (Lipinski definition) is 1. The normalized spacial score (nSPS) is 17.4. The maximum absolute atomic E-state index is 12.5. The van der Waals surface area contributed by atoms with E-state index in [0.29, 0.717) is 11.4 Å². The molecule has 4 heteroatoms. The first kappa shape index (κ1) is 14.5. The Morgan fingerprint density at radius 2 is 2.05 bits per heavy atom. The molecule has 19 heavy (non-hydrogen) atoms. The fourth-order valence-electron chi connectivity index (χ4n) is 2.45. The fourth-order valence-corrected chi connectivity index (χ4v) is 2.66. The summed E-state index contributed by atoms with van der Waals surface area (Å²) in [7, 11) is 0. The third kappa shape index (κ3) is 3.56. The Balaban J connectivity index is 2.05. The van der Waals surface area contributed by atoms with Gasteiger partial charge in [0.15, 0.2) is 5.78 Å². The van der Waals surface area contributed by atoms with E-state index in [0.717, 1.165) is 31.7 Å². The second-order valence-corrected chi connectivity index (χ2v) is 5.96. The molecule has 0 unspecified atom stereocenters. The van der Waals surface area contributed by atoms with Crippen molar-refractivity contribution in [2.75, 3.05) is 26.2 Å². The van der Waals surface area contributed by atoms with Gasteiger partial charge in [0.05, 0.1) is 5.54 Å². The molecule has 1 aliphatic heterocycles. The van der Waals surface area contributed by atoms with Crippen LogP contribution in [-0.4, -0.2) is 42.4 Å². The molecule has 3 nitrogen and oxygen atoms in total. The second kappa shape index (κ2) is 6.04. The van der Waals surface area contributed by atoms with Crippen molar-refractivity contribution in [1.82, 2.24) is 10.2 Å². The maximum Gasteiger partial charge on any atom is 0.156 e. The van der Waals surface area contributed by atoms with E-state index in [1.807, 2.05) is 38.1 Å². The molecule has 0 aliphatic carbocycles. The maximum atomic E-state index is 12.5. The van der Waals surface area contributed by atoms with Crippen molar-refractivity contribution in [3.63, 3.8) is 0 Å². The van der Waals surface area contributed by atoms with Gasteiger partial charge in [-0.1, -0.05) is 23.7 Å². The lowest BCUT2D eigenvalue weighted by molar-refractivity contribution is -0.129. The SMILES string of the molecule is CC(C)(C(=O)Cc1cccc(Cl)c1)N1CCNCC1. The number of carbonyl (C=O) groups is 1. The van der Waals surface area contributed by atoms with Crippen molar-refractivity contribution in [3.8, 4) is 0 Å². The Hall–Kier alpha value is -0.900. The highest BCUT2D eigenvalue weighted by Crippen LogP contribution is 2.20. The summed E-state index contributed by atoms with van der Waals surface area (Å²) in [6.45, 7) is 7.79. The minimum atomic E-state index is -0.412. The molecular weight excluding hydrogens is 260 g/mol. The van der Waals surface area contributed by atoms with Crippen LogP contribution in [0.2, 0.25) is 5.02 Å². The van der Waals surface area contributed by atoms with Gasteiger partial charge < -0.3 is 5.32 Å². The number of nitrogens with one attached hydrogen (secondary N) is 1. The summed E-state index contributed by atoms with van der Waals surface area (Å²) in [4.78, 5) is 14.8. The minimum absolute atomic E-state index is 0.247. The third-order valence-corrected chi connectivity index (χ3v) is 4.08. The zero-order chi connectivity index (χ0) is 13.9. The Bertz CT molecular complexity index is 453. The zero-order valence-corrected chi connectivity index (χ0v) is 12.3. The molecule has 0 bridgehead atoms. The summed E-state index contributed by atoms with van der Waals surface area (Å²) < 4.78 is 0. The summed E-state index contributed by atoms with van der Waals surface area (Å²) >= 11 is 5.96. The van der Waals surface area contributed by atoms with Crippen molar-refractivity contribution in [2.24, 2.45) is 0 Å². The molecule has 1 heterocycles. The van der Waals surface area contributed by atoms with Crippen LogP contribution in [0.1, 0.15) is 19.4 Å². The van der Waals surface area contributed by atoms with Gasteiger partial charge in [0, 0.05) is 37.6 Å². The molecule has 1 aliphatic rings. The van der Waals surface area contributed by atoms with Crippen LogP contribution < -0.4 is 5.32 Å². The first-order chi connectivity index (χ1) is 9.00. The fraction of sp³-hybridized carbons (Fsp3) is 0.533. The van der Waals surface area contributed by atoms with Crippen LogP contribution in [0.3, 0.4) is 0 Å². The quantitative estimate of drug-likeness (QED) is 0.917. The molecule has 0 aromatic heterocycles. The zero-order valence-electron chi connectivity index (χ0n) is 11.6. The summed E-state index contributed by atoms with van der Waals surface area (Å²) in [5, 5.41) is 4.00. The van der Waals surface area contributed by atoms with Crippen LogP contribution in [0.4, 0.5) is 0 Å². The van der Waals surface area contributed by atoms with E-state index in [4.69, 9.17) is 11.6 Å². The third-order valence-electron chi connectivity index (χ3n) is 3.84. The highest BCUT2D eigenvalue weighted by Gasteiger charge is 2.34. The molecule has 1 fully saturated rings. The molecule has 0 radical (unpaired) electrons. The summed E-state index contributed by atoms with van der Waals surface area (Å²) in [6, 6.07) is 7.55. The van der Waals surface area contributed by atoms with Crippen molar-refractivity contribution >= 4 is 17.4 Å². The van der Waals surface area contributed by atoms with Crippen molar-refractivity contribution in [3.05, 3.63) is 34.9 Å². The number of hydrogen-bond acceptors (Lipinski definition) is 3. The smallest absolute Gasteiger partial charge is 0.156 e. The van der Waals surface area contributed by atoms with Gasteiger partial charge in [0.1, 0.15) is 0 Å². The van der Waals surface area contributed by atoms with Crippen LogP contribution in [-0.2, 0) is 11.2 Å². The van der Waals surface area contributed by atoms with E-state index >= 15 is 0 Å². The van der Waals surface area contributed by atoms with Crippen LogP contribution in [0.25, 0.3) is 0 Å². The lowest BCUT2D eigenvalue weighted by Gasteiger charge is -2.40. The Morgan fingerprint density at radius 3 is 2.68 bits per heavy atom. The lowest BCUT2D eigenvalue weighted by Crippen LogP contribution is -2.57. The summed E-state index contributed by atoms with van der Waals surface area (Å²) in [5.41, 5.74) is 0.574. The van der Waals surface area contributed by atoms with Gasteiger partial charge in [0.25, 0.3) is 0 Å². The first-order valence-corrected chi connectivity index (χ1v) is 7.11. The van der Waals surface area contributed by atoms with Crippen molar-refractivity contribution in [1.29, 1.82) is 0 Å². The van der Waals surface area contributed by atoms with E-state index in [1.54, 1.807) is 0 Å². The summed E-state index contributed by atoms with van der Waals surface area (Å²) in [6.07, 6.45) is 0.442. The molecule has 0 atom stereocenters. The van der Waals surface area contributed by atoms with Gasteiger partial charge in [-0.05, 0) is 31.5 Å². The molecule has 1 aromatic carbocycles. The number of piperazine rings is 1. The van der Waals surface area contributed by atoms with E-state index in [1.165, 1.54) is 0 Å². The largest absolute Gasteiger partial charge is 0.314 e. The topological polar surface area (TPSA) is 32.3 Å². The van der Waals surface area contributed by atoms with Gasteiger partial charge in [-0.25, -0.2) is 0 Å². The average Bonchev–Trinajstić information content (AvgIpc) is 2.39. The average molecular weight is 281 g/mol. The van der Waals surface area contributed by atoms with Gasteiger partial charge in [0.2, 0.25) is 0 Å². The molecule has 1 aromatic rings. The van der Waals surface area contributed by atoms with Gasteiger partial charge in [-0.3, -0.25) is 9.69 Å². The van der Waals surface area contributed by atoms with Crippen LogP contribution in [0.15, 0.2) is 24.3 Å².